The molecule has 4 amide bonds. The summed E-state index contributed by atoms with van der Waals surface area (Å²) < 4.78 is 20.8. The molecule has 0 spiro atoms. The van der Waals surface area contributed by atoms with Crippen LogP contribution >= 0.6 is 0 Å². The van der Waals surface area contributed by atoms with E-state index in [4.69, 9.17) is 28.9 Å². The largest absolute Gasteiger partial charge is 0.453 e. The number of carbonyl (C=O) groups excluding carboxylic acids is 4. The molecule has 3 aromatic carbocycles. The summed E-state index contributed by atoms with van der Waals surface area (Å²) in [5.74, 6) is 1.17. The molecule has 326 valence electrons. The average molecular weight is 847 g/mol. The van der Waals surface area contributed by atoms with Crippen molar-refractivity contribution in [2.24, 2.45) is 11.8 Å². The molecule has 4 N–H and O–H groups in total. The third kappa shape index (κ3) is 8.45. The Morgan fingerprint density at radius 3 is 1.76 bits per heavy atom. The van der Waals surface area contributed by atoms with Gasteiger partial charge in [-0.3, -0.25) is 9.59 Å². The Balaban J connectivity index is 0.900. The van der Waals surface area contributed by atoms with Gasteiger partial charge < -0.3 is 49.3 Å². The monoisotopic (exact) mass is 846 g/mol. The van der Waals surface area contributed by atoms with Crippen molar-refractivity contribution >= 4 is 45.8 Å². The minimum absolute atomic E-state index is 0.0319. The Morgan fingerprint density at radius 1 is 0.661 bits per heavy atom. The maximum absolute atomic E-state index is 14.1. The predicted octanol–water partition coefficient (Wildman–Crippen LogP) is 6.40. The minimum atomic E-state index is -0.691. The van der Waals surface area contributed by atoms with Gasteiger partial charge in [-0.25, -0.2) is 19.6 Å². The number of H-pyrrole nitrogens is 2. The van der Waals surface area contributed by atoms with Crippen LogP contribution in [0.2, 0.25) is 0 Å². The number of hydrogen-bond acceptors (Lipinski definition) is 10. The van der Waals surface area contributed by atoms with Gasteiger partial charge in [0, 0.05) is 45.1 Å². The SMILES string of the molecule is COC(=O)N[C@H](C(=O)N1CCC[C@H]1c1ncc(-c2ccc3cc(-c4ccc5nc([C@@H]6CCCN6C(=O)[C@@H](NC(=O)OC)C6CCOCC6)[nH]c5c4)ccc3c2)[nH]1)C1CCOCC1. The standard InChI is InChI=1S/C46H54N8O8/c1-59-45(57)51-39(27-13-19-61-20-14-27)43(55)53-17-3-5-37(53)41-47-26-36(50-41)33-10-9-29-23-30(7-8-31(29)24-33)32-11-12-34-35(25-32)49-42(48-34)38-6-4-18-54(38)44(56)40(52-46(58)60-2)28-15-21-62-22-16-28/h7-12,23-28,37-40H,3-6,13-22H2,1-2H3,(H,47,50)(H,48,49)(H,51,57)(H,52,58)/t37-,38-,39-,40-/m0/s1. The van der Waals surface area contributed by atoms with Crippen LogP contribution in [0.25, 0.3) is 44.2 Å². The summed E-state index contributed by atoms with van der Waals surface area (Å²) in [6.45, 7) is 3.40. The van der Waals surface area contributed by atoms with Crippen molar-refractivity contribution in [3.8, 4) is 22.4 Å². The number of alkyl carbamates (subject to hydrolysis) is 2. The van der Waals surface area contributed by atoms with Gasteiger partial charge in [0.05, 0.1) is 49.2 Å². The summed E-state index contributed by atoms with van der Waals surface area (Å²) in [6, 6.07) is 17.1. The third-order valence-corrected chi connectivity index (χ3v) is 13.2. The molecule has 16 heteroatoms. The Bertz CT molecular complexity index is 2440. The highest BCUT2D eigenvalue weighted by atomic mass is 16.5. The van der Waals surface area contributed by atoms with Crippen LogP contribution in [-0.4, -0.2) is 120 Å². The first-order chi connectivity index (χ1) is 30.3. The molecule has 9 rings (SSSR count). The molecular formula is C46H54N8O8. The van der Waals surface area contributed by atoms with Crippen molar-refractivity contribution in [2.45, 2.75) is 75.5 Å². The van der Waals surface area contributed by atoms with E-state index in [9.17, 15) is 19.2 Å². The highest BCUT2D eigenvalue weighted by Crippen LogP contribution is 2.37. The van der Waals surface area contributed by atoms with Gasteiger partial charge in [-0.2, -0.15) is 0 Å². The number of aromatic nitrogens is 4. The second-order valence-electron chi connectivity index (χ2n) is 16.8. The number of rotatable bonds is 10. The number of likely N-dealkylation sites (tertiary alicyclic amines) is 2. The van der Waals surface area contributed by atoms with Crippen molar-refractivity contribution in [1.29, 1.82) is 0 Å². The summed E-state index contributed by atoms with van der Waals surface area (Å²) in [7, 11) is 2.62. The summed E-state index contributed by atoms with van der Waals surface area (Å²) in [6.07, 6.45) is 6.59. The summed E-state index contributed by atoms with van der Waals surface area (Å²) in [5.41, 5.74) is 5.65. The van der Waals surface area contributed by atoms with Gasteiger partial charge in [-0.05, 0) is 109 Å². The molecule has 4 aliphatic rings. The molecule has 4 fully saturated rings. The zero-order valence-electron chi connectivity index (χ0n) is 35.2. The molecule has 4 atom stereocenters. The first-order valence-electron chi connectivity index (χ1n) is 21.8. The molecule has 0 bridgehead atoms. The zero-order valence-corrected chi connectivity index (χ0v) is 35.2. The van der Waals surface area contributed by atoms with Crippen molar-refractivity contribution in [1.82, 2.24) is 40.4 Å². The number of fused-ring (bicyclic) bond motifs is 2. The van der Waals surface area contributed by atoms with Crippen LogP contribution in [0.5, 0.6) is 0 Å². The lowest BCUT2D eigenvalue weighted by atomic mass is 9.90. The molecule has 0 aliphatic carbocycles. The number of nitrogens with zero attached hydrogens (tertiary/aromatic N) is 4. The second kappa shape index (κ2) is 18.2. The molecule has 0 radical (unpaired) electrons. The van der Waals surface area contributed by atoms with Crippen LogP contribution in [-0.2, 0) is 28.5 Å². The molecule has 0 saturated carbocycles. The second-order valence-corrected chi connectivity index (χ2v) is 16.8. The van der Waals surface area contributed by atoms with Gasteiger partial charge in [0.2, 0.25) is 11.8 Å². The molecular weight excluding hydrogens is 793 g/mol. The smallest absolute Gasteiger partial charge is 0.407 e. The number of ether oxygens (including phenoxy) is 4. The van der Waals surface area contributed by atoms with Crippen molar-refractivity contribution in [3.63, 3.8) is 0 Å². The van der Waals surface area contributed by atoms with Gasteiger partial charge in [0.25, 0.3) is 0 Å². The van der Waals surface area contributed by atoms with Gasteiger partial charge in [0.15, 0.2) is 0 Å². The highest BCUT2D eigenvalue weighted by molar-refractivity contribution is 5.92. The summed E-state index contributed by atoms with van der Waals surface area (Å²) in [4.78, 5) is 73.2. The number of carbonyl (C=O) groups is 4. The Kier molecular flexibility index (Phi) is 12.1. The van der Waals surface area contributed by atoms with E-state index in [-0.39, 0.29) is 35.7 Å². The summed E-state index contributed by atoms with van der Waals surface area (Å²) in [5, 5.41) is 7.80. The van der Waals surface area contributed by atoms with Gasteiger partial charge >= 0.3 is 12.2 Å². The van der Waals surface area contributed by atoms with Crippen molar-refractivity contribution in [3.05, 3.63) is 72.4 Å². The zero-order chi connectivity index (χ0) is 42.7. The normalized spacial score (nSPS) is 20.9. The predicted molar refractivity (Wildman–Crippen MR) is 230 cm³/mol. The number of nitrogens with one attached hydrogen (secondary N) is 4. The van der Waals surface area contributed by atoms with Crippen LogP contribution in [0.15, 0.2) is 60.8 Å². The summed E-state index contributed by atoms with van der Waals surface area (Å²) >= 11 is 0. The van der Waals surface area contributed by atoms with E-state index in [1.54, 1.807) is 0 Å². The van der Waals surface area contributed by atoms with Gasteiger partial charge in [-0.1, -0.05) is 30.3 Å². The van der Waals surface area contributed by atoms with E-state index < -0.39 is 24.3 Å². The third-order valence-electron chi connectivity index (χ3n) is 13.2. The highest BCUT2D eigenvalue weighted by Gasteiger charge is 2.42. The molecule has 4 saturated heterocycles. The Morgan fingerprint density at radius 2 is 1.18 bits per heavy atom. The fourth-order valence-corrected chi connectivity index (χ4v) is 9.83. The van der Waals surface area contributed by atoms with Crippen LogP contribution < -0.4 is 10.6 Å². The quantitative estimate of drug-likeness (QED) is 0.122. The molecule has 62 heavy (non-hydrogen) atoms. The van der Waals surface area contributed by atoms with Crippen molar-refractivity contribution < 1.29 is 38.1 Å². The maximum Gasteiger partial charge on any atom is 0.407 e. The fraction of sp³-hybridized carbons (Fsp3) is 0.478. The van der Waals surface area contributed by atoms with E-state index in [1.165, 1.54) is 14.2 Å². The van der Waals surface area contributed by atoms with Crippen LogP contribution in [0.3, 0.4) is 0 Å². The van der Waals surface area contributed by atoms with Crippen LogP contribution in [0, 0.1) is 11.8 Å². The molecule has 0 unspecified atom stereocenters. The topological polar surface area (TPSA) is 193 Å². The number of imidazole rings is 2. The maximum atomic E-state index is 14.1. The lowest BCUT2D eigenvalue weighted by Gasteiger charge is -2.34. The van der Waals surface area contributed by atoms with E-state index in [2.05, 4.69) is 69.1 Å². The fourth-order valence-electron chi connectivity index (χ4n) is 9.83. The van der Waals surface area contributed by atoms with E-state index in [1.807, 2.05) is 22.1 Å². The Labute approximate surface area is 359 Å². The number of benzene rings is 3. The number of aromatic amines is 2. The number of amides is 4. The minimum Gasteiger partial charge on any atom is -0.453 e. The molecule has 2 aromatic heterocycles. The molecule has 4 aliphatic heterocycles. The van der Waals surface area contributed by atoms with Crippen LogP contribution in [0.4, 0.5) is 9.59 Å². The lowest BCUT2D eigenvalue weighted by molar-refractivity contribution is -0.137. The van der Waals surface area contributed by atoms with Crippen molar-refractivity contribution in [2.75, 3.05) is 53.7 Å². The first-order valence-corrected chi connectivity index (χ1v) is 21.8. The molecule has 6 heterocycles. The number of methoxy groups -OCH3 is 2. The van der Waals surface area contributed by atoms with Gasteiger partial charge in [-0.15, -0.1) is 0 Å². The lowest BCUT2D eigenvalue weighted by Crippen LogP contribution is -2.53. The number of hydrogen-bond donors (Lipinski definition) is 4. The van der Waals surface area contributed by atoms with E-state index in [0.717, 1.165) is 81.5 Å². The van der Waals surface area contributed by atoms with E-state index >= 15 is 0 Å². The van der Waals surface area contributed by atoms with Crippen LogP contribution in [0.1, 0.15) is 75.1 Å². The van der Waals surface area contributed by atoms with E-state index in [0.29, 0.717) is 65.2 Å². The Hall–Kier alpha value is -6.00. The van der Waals surface area contributed by atoms with Gasteiger partial charge in [0.1, 0.15) is 23.7 Å². The molecule has 16 nitrogen and oxygen atoms in total. The molecule has 5 aromatic rings. The first kappa shape index (κ1) is 41.4. The average Bonchev–Trinajstić information content (AvgIpc) is 4.16.